The van der Waals surface area contributed by atoms with E-state index < -0.39 is 0 Å². The lowest BCUT2D eigenvalue weighted by molar-refractivity contribution is -0.120. The van der Waals surface area contributed by atoms with Gasteiger partial charge >= 0.3 is 0 Å². The molecule has 0 saturated carbocycles. The van der Waals surface area contributed by atoms with Crippen molar-refractivity contribution in [3.63, 3.8) is 0 Å². The third-order valence-electron chi connectivity index (χ3n) is 1.65. The first kappa shape index (κ1) is 11.3. The first-order chi connectivity index (χ1) is 7.22. The second-order valence-electron chi connectivity index (χ2n) is 3.02. The predicted octanol–water partition coefficient (Wildman–Crippen LogP) is -0.178. The Morgan fingerprint density at radius 1 is 1.73 bits per heavy atom. The van der Waals surface area contributed by atoms with E-state index in [0.29, 0.717) is 18.8 Å². The number of nitrogens with zero attached hydrogens (tertiary/aromatic N) is 1. The summed E-state index contributed by atoms with van der Waals surface area (Å²) in [5, 5.41) is 9.15. The molecule has 80 valence electrons. The smallest absolute Gasteiger partial charge is 0.234 e. The van der Waals surface area contributed by atoms with Gasteiger partial charge in [-0.3, -0.25) is 10.1 Å². The Morgan fingerprint density at radius 3 is 3.13 bits per heavy atom. The van der Waals surface area contributed by atoms with Crippen LogP contribution in [0.2, 0.25) is 0 Å². The SMILES string of the molecule is C#CCNCC(=O)NCc1cc(C)no1. The number of carbonyl (C=O) groups excluding carboxylic acids is 1. The van der Waals surface area contributed by atoms with Crippen LogP contribution in [0.1, 0.15) is 11.5 Å². The molecule has 1 amide bonds. The second-order valence-corrected chi connectivity index (χ2v) is 3.02. The third kappa shape index (κ3) is 4.29. The second kappa shape index (κ2) is 5.83. The summed E-state index contributed by atoms with van der Waals surface area (Å²) in [6, 6.07) is 1.77. The molecule has 0 atom stereocenters. The Labute approximate surface area is 88.2 Å². The molecule has 0 bridgehead atoms. The van der Waals surface area contributed by atoms with Gasteiger partial charge in [0.2, 0.25) is 5.91 Å². The molecule has 15 heavy (non-hydrogen) atoms. The van der Waals surface area contributed by atoms with Gasteiger partial charge in [0.05, 0.1) is 25.3 Å². The van der Waals surface area contributed by atoms with E-state index in [1.54, 1.807) is 6.07 Å². The number of terminal acetylenes is 1. The van der Waals surface area contributed by atoms with Gasteiger partial charge in [-0.2, -0.15) is 0 Å². The van der Waals surface area contributed by atoms with E-state index in [-0.39, 0.29) is 12.5 Å². The topological polar surface area (TPSA) is 67.2 Å². The van der Waals surface area contributed by atoms with Crippen molar-refractivity contribution >= 4 is 5.91 Å². The minimum Gasteiger partial charge on any atom is -0.359 e. The largest absolute Gasteiger partial charge is 0.359 e. The molecule has 0 radical (unpaired) electrons. The molecule has 5 nitrogen and oxygen atoms in total. The molecule has 0 fully saturated rings. The Balaban J connectivity index is 2.20. The fourth-order valence-electron chi connectivity index (χ4n) is 0.996. The quantitative estimate of drug-likeness (QED) is 0.519. The van der Waals surface area contributed by atoms with Crippen LogP contribution in [0.25, 0.3) is 0 Å². The average molecular weight is 207 g/mol. The van der Waals surface area contributed by atoms with Crippen LogP contribution >= 0.6 is 0 Å². The average Bonchev–Trinajstić information content (AvgIpc) is 2.62. The molecular weight excluding hydrogens is 194 g/mol. The zero-order chi connectivity index (χ0) is 11.1. The van der Waals surface area contributed by atoms with Crippen LogP contribution in [0.3, 0.4) is 0 Å². The molecule has 1 rings (SSSR count). The van der Waals surface area contributed by atoms with Gasteiger partial charge in [-0.15, -0.1) is 6.42 Å². The summed E-state index contributed by atoms with van der Waals surface area (Å²) >= 11 is 0. The number of aryl methyl sites for hydroxylation is 1. The molecule has 1 aromatic rings. The Morgan fingerprint density at radius 2 is 2.53 bits per heavy atom. The summed E-state index contributed by atoms with van der Waals surface area (Å²) in [5.41, 5.74) is 0.796. The molecule has 1 aromatic heterocycles. The van der Waals surface area contributed by atoms with Gasteiger partial charge in [-0.1, -0.05) is 11.1 Å². The molecule has 0 aliphatic heterocycles. The van der Waals surface area contributed by atoms with Crippen molar-refractivity contribution in [3.8, 4) is 12.3 Å². The lowest BCUT2D eigenvalue weighted by Crippen LogP contribution is -2.33. The fourth-order valence-corrected chi connectivity index (χ4v) is 0.996. The predicted molar refractivity (Wildman–Crippen MR) is 54.8 cm³/mol. The summed E-state index contributed by atoms with van der Waals surface area (Å²) in [7, 11) is 0. The van der Waals surface area contributed by atoms with Crippen LogP contribution in [0.5, 0.6) is 0 Å². The van der Waals surface area contributed by atoms with Gasteiger partial charge < -0.3 is 9.84 Å². The third-order valence-corrected chi connectivity index (χ3v) is 1.65. The van der Waals surface area contributed by atoms with Crippen LogP contribution in [-0.4, -0.2) is 24.2 Å². The molecule has 2 N–H and O–H groups in total. The van der Waals surface area contributed by atoms with E-state index >= 15 is 0 Å². The van der Waals surface area contributed by atoms with E-state index in [1.165, 1.54) is 0 Å². The van der Waals surface area contributed by atoms with Crippen molar-refractivity contribution in [1.82, 2.24) is 15.8 Å². The minimum absolute atomic E-state index is 0.126. The van der Waals surface area contributed by atoms with Crippen molar-refractivity contribution in [2.24, 2.45) is 0 Å². The van der Waals surface area contributed by atoms with Gasteiger partial charge in [0.1, 0.15) is 0 Å². The first-order valence-corrected chi connectivity index (χ1v) is 4.55. The number of amides is 1. The molecule has 0 spiro atoms. The van der Waals surface area contributed by atoms with E-state index in [2.05, 4.69) is 21.7 Å². The van der Waals surface area contributed by atoms with Crippen molar-refractivity contribution in [3.05, 3.63) is 17.5 Å². The lowest BCUT2D eigenvalue weighted by Gasteiger charge is -2.01. The normalized spacial score (nSPS) is 9.60. The number of hydrogen-bond acceptors (Lipinski definition) is 4. The van der Waals surface area contributed by atoms with Crippen molar-refractivity contribution in [2.45, 2.75) is 13.5 Å². The molecular formula is C10H13N3O2. The highest BCUT2D eigenvalue weighted by Crippen LogP contribution is 2.00. The van der Waals surface area contributed by atoms with Gasteiger partial charge in [0, 0.05) is 6.07 Å². The molecule has 0 aliphatic carbocycles. The number of aromatic nitrogens is 1. The van der Waals surface area contributed by atoms with Gasteiger partial charge in [0.25, 0.3) is 0 Å². The molecule has 0 aliphatic rings. The standard InChI is InChI=1S/C10H13N3O2/c1-3-4-11-7-10(14)12-6-9-5-8(2)13-15-9/h1,5,11H,4,6-7H2,2H3,(H,12,14). The highest BCUT2D eigenvalue weighted by molar-refractivity contribution is 5.77. The fraction of sp³-hybridized carbons (Fsp3) is 0.400. The maximum Gasteiger partial charge on any atom is 0.234 e. The van der Waals surface area contributed by atoms with E-state index in [4.69, 9.17) is 10.9 Å². The van der Waals surface area contributed by atoms with Crippen LogP contribution < -0.4 is 10.6 Å². The lowest BCUT2D eigenvalue weighted by atomic mass is 10.4. The molecule has 0 saturated heterocycles. The Hall–Kier alpha value is -1.80. The van der Waals surface area contributed by atoms with Crippen molar-refractivity contribution in [1.29, 1.82) is 0 Å². The Bertz CT molecular complexity index is 365. The number of hydrogen-bond donors (Lipinski definition) is 2. The number of nitrogens with one attached hydrogen (secondary N) is 2. The summed E-state index contributed by atoms with van der Waals surface area (Å²) in [6.45, 7) is 2.76. The van der Waals surface area contributed by atoms with Crippen molar-refractivity contribution in [2.75, 3.05) is 13.1 Å². The molecule has 1 heterocycles. The van der Waals surface area contributed by atoms with Crippen LogP contribution in [0.15, 0.2) is 10.6 Å². The monoisotopic (exact) mass is 207 g/mol. The highest BCUT2D eigenvalue weighted by atomic mass is 16.5. The van der Waals surface area contributed by atoms with Gasteiger partial charge in [-0.25, -0.2) is 0 Å². The molecule has 0 unspecified atom stereocenters. The van der Waals surface area contributed by atoms with E-state index in [9.17, 15) is 4.79 Å². The van der Waals surface area contributed by atoms with Crippen molar-refractivity contribution < 1.29 is 9.32 Å². The Kier molecular flexibility index (Phi) is 4.38. The van der Waals surface area contributed by atoms with Crippen LogP contribution in [0, 0.1) is 19.3 Å². The summed E-state index contributed by atoms with van der Waals surface area (Å²) in [6.07, 6.45) is 5.02. The number of carbonyl (C=O) groups is 1. The number of rotatable bonds is 5. The summed E-state index contributed by atoms with van der Waals surface area (Å²) < 4.78 is 4.92. The summed E-state index contributed by atoms with van der Waals surface area (Å²) in [5.74, 6) is 2.89. The van der Waals surface area contributed by atoms with Crippen LogP contribution in [-0.2, 0) is 11.3 Å². The molecule has 0 aromatic carbocycles. The van der Waals surface area contributed by atoms with Crippen LogP contribution in [0.4, 0.5) is 0 Å². The zero-order valence-electron chi connectivity index (χ0n) is 8.54. The first-order valence-electron chi connectivity index (χ1n) is 4.55. The van der Waals surface area contributed by atoms with E-state index in [0.717, 1.165) is 5.69 Å². The van der Waals surface area contributed by atoms with Gasteiger partial charge in [-0.05, 0) is 6.92 Å². The van der Waals surface area contributed by atoms with E-state index in [1.807, 2.05) is 6.92 Å². The maximum atomic E-state index is 11.2. The minimum atomic E-state index is -0.126. The van der Waals surface area contributed by atoms with Gasteiger partial charge in [0.15, 0.2) is 5.76 Å². The summed E-state index contributed by atoms with van der Waals surface area (Å²) in [4.78, 5) is 11.2. The molecule has 5 heteroatoms. The highest BCUT2D eigenvalue weighted by Gasteiger charge is 2.03. The maximum absolute atomic E-state index is 11.2. The zero-order valence-corrected chi connectivity index (χ0v) is 8.54.